The lowest BCUT2D eigenvalue weighted by molar-refractivity contribution is -0.871. The zero-order chi connectivity index (χ0) is 23.6. The first-order valence-electron chi connectivity index (χ1n) is 9.35. The number of amides is 1. The van der Waals surface area contributed by atoms with Crippen molar-refractivity contribution in [2.75, 3.05) is 33.9 Å². The summed E-state index contributed by atoms with van der Waals surface area (Å²) < 4.78 is 38.4. The maximum absolute atomic E-state index is 12.2. The van der Waals surface area contributed by atoms with Crippen LogP contribution in [0.25, 0.3) is 0 Å². The van der Waals surface area contributed by atoms with E-state index in [2.05, 4.69) is 5.32 Å². The van der Waals surface area contributed by atoms with Crippen molar-refractivity contribution in [2.45, 2.75) is 45.4 Å². The smallest absolute Gasteiger partial charge is 0.408 e. The number of hydrogen-bond acceptors (Lipinski definition) is 7. The van der Waals surface area contributed by atoms with E-state index in [4.69, 9.17) is 22.4 Å². The molecule has 0 fully saturated rings. The molecule has 10 heteroatoms. The molecule has 0 bridgehead atoms. The first-order valence-corrected chi connectivity index (χ1v) is 11.2. The molecule has 9 nitrogen and oxygen atoms in total. The summed E-state index contributed by atoms with van der Waals surface area (Å²) >= 11 is 0. The van der Waals surface area contributed by atoms with Crippen LogP contribution < -0.4 is 5.32 Å². The average molecular weight is 447 g/mol. The third kappa shape index (κ3) is 19.2. The summed E-state index contributed by atoms with van der Waals surface area (Å²) in [4.78, 5) is 24.2. The van der Waals surface area contributed by atoms with Gasteiger partial charge in [-0.25, -0.2) is 13.2 Å². The van der Waals surface area contributed by atoms with Gasteiger partial charge in [0, 0.05) is 6.26 Å². The van der Waals surface area contributed by atoms with Gasteiger partial charge in [-0.3, -0.25) is 4.79 Å². The van der Waals surface area contributed by atoms with E-state index in [1.165, 1.54) is 0 Å². The molecular weight excluding hydrogens is 412 g/mol. The van der Waals surface area contributed by atoms with Gasteiger partial charge in [0.1, 0.15) is 12.2 Å². The van der Waals surface area contributed by atoms with Crippen LogP contribution in [0.2, 0.25) is 0 Å². The van der Waals surface area contributed by atoms with E-state index in [1.54, 1.807) is 20.8 Å². The molecule has 1 amide bonds. The molecule has 0 aliphatic carbocycles. The van der Waals surface area contributed by atoms with Crippen LogP contribution in [0.4, 0.5) is 4.79 Å². The lowest BCUT2D eigenvalue weighted by Gasteiger charge is -2.30. The van der Waals surface area contributed by atoms with Crippen LogP contribution in [0.15, 0.2) is 30.3 Å². The number of hydrogen-bond donors (Lipinski definition) is 1. The number of carbonyl (C=O) groups is 2. The van der Waals surface area contributed by atoms with Crippen LogP contribution in [0.5, 0.6) is 0 Å². The normalized spacial score (nSPS) is 12.8. The van der Waals surface area contributed by atoms with Gasteiger partial charge in [0.05, 0.1) is 50.3 Å². The number of carbonyl (C=O) groups excluding carboxylic acids is 2. The molecule has 0 heterocycles. The van der Waals surface area contributed by atoms with Crippen molar-refractivity contribution in [3.05, 3.63) is 35.9 Å². The number of esters is 1. The molecule has 0 radical (unpaired) electrons. The zero-order valence-corrected chi connectivity index (χ0v) is 19.6. The molecule has 30 heavy (non-hydrogen) atoms. The maximum Gasteiger partial charge on any atom is 0.408 e. The van der Waals surface area contributed by atoms with Gasteiger partial charge in [-0.1, -0.05) is 30.3 Å². The summed E-state index contributed by atoms with van der Waals surface area (Å²) in [6.45, 7) is 6.21. The number of benzene rings is 1. The Balaban J connectivity index is 0.00000150. The van der Waals surface area contributed by atoms with E-state index in [9.17, 15) is 9.59 Å². The van der Waals surface area contributed by atoms with E-state index in [0.29, 0.717) is 17.3 Å². The Bertz CT molecular complexity index is 759. The molecule has 1 aromatic carbocycles. The van der Waals surface area contributed by atoms with Crippen molar-refractivity contribution >= 4 is 22.2 Å². The molecule has 1 unspecified atom stereocenters. The van der Waals surface area contributed by atoms with Crippen molar-refractivity contribution in [3.63, 3.8) is 0 Å². The minimum Gasteiger partial charge on any atom is -0.748 e. The fourth-order valence-electron chi connectivity index (χ4n) is 2.29. The van der Waals surface area contributed by atoms with Crippen LogP contribution >= 0.6 is 0 Å². The summed E-state index contributed by atoms with van der Waals surface area (Å²) in [6, 6.07) is 9.14. The van der Waals surface area contributed by atoms with Gasteiger partial charge in [0.15, 0.2) is 0 Å². The molecule has 1 atom stereocenters. The minimum absolute atomic E-state index is 0.0988. The summed E-state index contributed by atoms with van der Waals surface area (Å²) in [7, 11) is 2.08. The second-order valence-corrected chi connectivity index (χ2v) is 10.3. The van der Waals surface area contributed by atoms with Crippen LogP contribution in [-0.4, -0.2) is 75.1 Å². The predicted molar refractivity (Wildman–Crippen MR) is 113 cm³/mol. The Hall–Kier alpha value is -2.17. The second-order valence-electron chi connectivity index (χ2n) is 8.87. The van der Waals surface area contributed by atoms with Crippen LogP contribution in [0.1, 0.15) is 32.8 Å². The number of rotatable bonds is 7. The molecular formula is C20H34N2O7S. The Morgan fingerprint density at radius 3 is 2.07 bits per heavy atom. The quantitative estimate of drug-likeness (QED) is 0.385. The lowest BCUT2D eigenvalue weighted by atomic mass is 10.2. The fourth-order valence-corrected chi connectivity index (χ4v) is 2.29. The highest BCUT2D eigenvalue weighted by Gasteiger charge is 2.26. The Morgan fingerprint density at radius 2 is 1.63 bits per heavy atom. The van der Waals surface area contributed by atoms with Gasteiger partial charge in [0.2, 0.25) is 0 Å². The van der Waals surface area contributed by atoms with Crippen LogP contribution in [0, 0.1) is 0 Å². The third-order valence-electron chi connectivity index (χ3n) is 3.14. The van der Waals surface area contributed by atoms with Gasteiger partial charge in [-0.15, -0.1) is 0 Å². The molecule has 172 valence electrons. The van der Waals surface area contributed by atoms with Gasteiger partial charge in [-0.05, 0) is 26.3 Å². The zero-order valence-electron chi connectivity index (χ0n) is 18.8. The molecule has 0 aliphatic heterocycles. The molecule has 1 aromatic rings. The molecule has 0 spiro atoms. The molecule has 0 saturated heterocycles. The third-order valence-corrected chi connectivity index (χ3v) is 3.14. The monoisotopic (exact) mass is 446 g/mol. The average Bonchev–Trinajstić information content (AvgIpc) is 2.48. The van der Waals surface area contributed by atoms with Gasteiger partial charge < -0.3 is 23.8 Å². The number of nitrogens with zero attached hydrogens (tertiary/aromatic N) is 1. The SMILES string of the molecule is CC(C)(C)OC(=O)NC(CC(=O)OCc1ccccc1)C[N+](C)(C)C.CS(=O)(=O)[O-]. The number of ether oxygens (including phenoxy) is 2. The Kier molecular flexibility index (Phi) is 11.0. The highest BCUT2D eigenvalue weighted by Crippen LogP contribution is 2.09. The highest BCUT2D eigenvalue weighted by atomic mass is 32.2. The number of likely N-dealkylation sites (N-methyl/N-ethyl adjacent to an activating group) is 1. The molecule has 1 rings (SSSR count). The fraction of sp³-hybridized carbons (Fsp3) is 0.600. The standard InChI is InChI=1S/C19H30N2O4.CH4O3S/c1-19(2,3)25-18(23)20-16(13-21(4,5)6)12-17(22)24-14-15-10-8-7-9-11-15;1-5(2,3)4/h7-11,16H,12-14H2,1-6H3;1H3,(H,2,3,4). The van der Waals surface area contributed by atoms with Crippen molar-refractivity contribution < 1.29 is 36.5 Å². The van der Waals surface area contributed by atoms with E-state index in [1.807, 2.05) is 51.5 Å². The van der Waals surface area contributed by atoms with E-state index in [0.717, 1.165) is 5.56 Å². The van der Waals surface area contributed by atoms with Crippen molar-refractivity contribution in [1.29, 1.82) is 0 Å². The van der Waals surface area contributed by atoms with E-state index in [-0.39, 0.29) is 25.0 Å². The molecule has 0 saturated carbocycles. The van der Waals surface area contributed by atoms with E-state index >= 15 is 0 Å². The van der Waals surface area contributed by atoms with Crippen molar-refractivity contribution in [3.8, 4) is 0 Å². The number of nitrogens with one attached hydrogen (secondary N) is 1. The topological polar surface area (TPSA) is 122 Å². The summed E-state index contributed by atoms with van der Waals surface area (Å²) in [6.07, 6.45) is 0.177. The molecule has 1 N–H and O–H groups in total. The van der Waals surface area contributed by atoms with Gasteiger partial charge in [0.25, 0.3) is 0 Å². The summed E-state index contributed by atoms with van der Waals surface area (Å²) in [5.41, 5.74) is 0.345. The molecule has 0 aliphatic rings. The van der Waals surface area contributed by atoms with Crippen LogP contribution in [0.3, 0.4) is 0 Å². The van der Waals surface area contributed by atoms with Gasteiger partial charge >= 0.3 is 12.1 Å². The van der Waals surface area contributed by atoms with Crippen molar-refractivity contribution in [2.24, 2.45) is 0 Å². The first-order chi connectivity index (χ1) is 13.4. The predicted octanol–water partition coefficient (Wildman–Crippen LogP) is 1.88. The number of alkyl carbamates (subject to hydrolysis) is 1. The summed E-state index contributed by atoms with van der Waals surface area (Å²) in [5.74, 6) is -0.349. The minimum atomic E-state index is -3.92. The largest absolute Gasteiger partial charge is 0.748 e. The lowest BCUT2D eigenvalue weighted by Crippen LogP contribution is -2.50. The maximum atomic E-state index is 12.2. The van der Waals surface area contributed by atoms with Crippen molar-refractivity contribution in [1.82, 2.24) is 5.32 Å². The Morgan fingerprint density at radius 1 is 1.13 bits per heavy atom. The molecule has 0 aromatic heterocycles. The summed E-state index contributed by atoms with van der Waals surface area (Å²) in [5, 5.41) is 2.78. The number of quaternary nitrogens is 1. The van der Waals surface area contributed by atoms with E-state index < -0.39 is 21.8 Å². The second kappa shape index (κ2) is 11.9. The highest BCUT2D eigenvalue weighted by molar-refractivity contribution is 7.84. The van der Waals surface area contributed by atoms with Crippen LogP contribution in [-0.2, 0) is 31.0 Å². The first kappa shape index (κ1) is 27.8. The Labute approximate surface area is 179 Å². The van der Waals surface area contributed by atoms with Gasteiger partial charge in [-0.2, -0.15) is 0 Å².